The molecule has 0 spiro atoms. The highest BCUT2D eigenvalue weighted by atomic mass is 16.7. The highest BCUT2D eigenvalue weighted by molar-refractivity contribution is 5.89. The highest BCUT2D eigenvalue weighted by Crippen LogP contribution is 2.42. The number of para-hydroxylation sites is 2. The molecule has 2 aliphatic heterocycles. The van der Waals surface area contributed by atoms with Crippen molar-refractivity contribution in [1.82, 2.24) is 19.8 Å². The molecule has 3 aromatic carbocycles. The van der Waals surface area contributed by atoms with Crippen LogP contribution in [0.2, 0.25) is 0 Å². The second kappa shape index (κ2) is 13.4. The van der Waals surface area contributed by atoms with Crippen LogP contribution in [0.4, 0.5) is 10.5 Å². The summed E-state index contributed by atoms with van der Waals surface area (Å²) in [5.74, 6) is 0.0526. The van der Waals surface area contributed by atoms with Crippen LogP contribution in [0.15, 0.2) is 77.6 Å². The van der Waals surface area contributed by atoms with Crippen LogP contribution >= 0.6 is 0 Å². The number of rotatable bonds is 8. The number of hydrogen-bond donors (Lipinski definition) is 4. The van der Waals surface area contributed by atoms with Crippen molar-refractivity contribution in [3.8, 4) is 0 Å². The number of nitrogens with one attached hydrogen (secondary N) is 3. The summed E-state index contributed by atoms with van der Waals surface area (Å²) in [5.41, 5.74) is 5.15. The molecule has 44 heavy (non-hydrogen) atoms. The van der Waals surface area contributed by atoms with E-state index in [1.807, 2.05) is 84.3 Å². The van der Waals surface area contributed by atoms with Gasteiger partial charge in [-0.05, 0) is 55.2 Å². The first-order valence-electron chi connectivity index (χ1n) is 15.5. The molecule has 10 heteroatoms. The Kier molecular flexibility index (Phi) is 9.13. The van der Waals surface area contributed by atoms with E-state index in [1.54, 1.807) is 0 Å². The number of benzene rings is 3. The zero-order chi connectivity index (χ0) is 30.6. The molecule has 1 unspecified atom stereocenters. The fourth-order valence-electron chi connectivity index (χ4n) is 6.48. The molecule has 10 nitrogen and oxygen atoms in total. The number of amides is 2. The summed E-state index contributed by atoms with van der Waals surface area (Å²) in [6, 6.07) is 23.2. The molecular weight excluding hydrogens is 558 g/mol. The summed E-state index contributed by atoms with van der Waals surface area (Å²) in [5, 5.41) is 15.2. The predicted molar refractivity (Wildman–Crippen MR) is 169 cm³/mol. The maximum absolute atomic E-state index is 12.8. The quantitative estimate of drug-likeness (QED) is 0.224. The topological polar surface area (TPSA) is 121 Å². The summed E-state index contributed by atoms with van der Waals surface area (Å²) in [7, 11) is 0. The average Bonchev–Trinajstić information content (AvgIpc) is 3.38. The summed E-state index contributed by atoms with van der Waals surface area (Å²) in [4.78, 5) is 30.4. The Hall–Kier alpha value is -3.96. The number of H-pyrrole nitrogens is 1. The molecule has 232 valence electrons. The molecule has 0 bridgehead atoms. The molecule has 2 aliphatic rings. The van der Waals surface area contributed by atoms with E-state index in [9.17, 15) is 14.7 Å². The van der Waals surface area contributed by atoms with E-state index < -0.39 is 6.29 Å². The van der Waals surface area contributed by atoms with Gasteiger partial charge in [0.15, 0.2) is 6.29 Å². The number of nitrogens with zero attached hydrogens (tertiary/aromatic N) is 2. The minimum absolute atomic E-state index is 0.0122. The number of piperidine rings is 1. The van der Waals surface area contributed by atoms with Crippen molar-refractivity contribution in [3.05, 3.63) is 100.0 Å². The Morgan fingerprint density at radius 1 is 1.00 bits per heavy atom. The van der Waals surface area contributed by atoms with Crippen molar-refractivity contribution >= 4 is 22.8 Å². The van der Waals surface area contributed by atoms with Crippen LogP contribution in [-0.2, 0) is 16.1 Å². The number of likely N-dealkylation sites (tertiary alicyclic amines) is 1. The van der Waals surface area contributed by atoms with Crippen molar-refractivity contribution < 1.29 is 19.4 Å². The van der Waals surface area contributed by atoms with E-state index in [0.29, 0.717) is 12.2 Å². The van der Waals surface area contributed by atoms with E-state index in [-0.39, 0.29) is 42.5 Å². The largest absolute Gasteiger partial charge is 0.392 e. The number of urea groups is 1. The molecule has 0 saturated carbocycles. The van der Waals surface area contributed by atoms with E-state index in [1.165, 1.54) is 0 Å². The van der Waals surface area contributed by atoms with Crippen molar-refractivity contribution in [1.29, 1.82) is 0 Å². The number of aliphatic hydroxyl groups excluding tert-OH is 1. The van der Waals surface area contributed by atoms with Crippen LogP contribution in [0.25, 0.3) is 11.0 Å². The zero-order valence-corrected chi connectivity index (χ0v) is 25.2. The van der Waals surface area contributed by atoms with Gasteiger partial charge in [0.1, 0.15) is 0 Å². The number of ether oxygens (including phenoxy) is 2. The number of imidazole rings is 1. The van der Waals surface area contributed by atoms with E-state index in [0.717, 1.165) is 60.2 Å². The lowest BCUT2D eigenvalue weighted by molar-refractivity contribution is -0.276. The number of hydrogen-bond acceptors (Lipinski definition) is 6. The summed E-state index contributed by atoms with van der Waals surface area (Å²) in [6.07, 6.45) is 0.777. The summed E-state index contributed by atoms with van der Waals surface area (Å²) in [6.45, 7) is 7.01. The number of carbonyl (C=O) groups excluding carboxylic acids is 1. The first-order chi connectivity index (χ1) is 21.4. The second-order valence-electron chi connectivity index (χ2n) is 11.8. The second-order valence-corrected chi connectivity index (χ2v) is 11.8. The third-order valence-corrected chi connectivity index (χ3v) is 8.86. The molecule has 4 aromatic rings. The predicted octanol–water partition coefficient (Wildman–Crippen LogP) is 5.09. The lowest BCUT2D eigenvalue weighted by Crippen LogP contribution is -2.47. The van der Waals surface area contributed by atoms with Crippen molar-refractivity contribution in [3.63, 3.8) is 0 Å². The monoisotopic (exact) mass is 599 g/mol. The average molecular weight is 600 g/mol. The molecule has 2 amide bonds. The smallest absolute Gasteiger partial charge is 0.326 e. The molecule has 4 atom stereocenters. The van der Waals surface area contributed by atoms with Gasteiger partial charge in [0.2, 0.25) is 0 Å². The van der Waals surface area contributed by atoms with Crippen LogP contribution in [0, 0.1) is 5.92 Å². The van der Waals surface area contributed by atoms with Crippen molar-refractivity contribution in [2.24, 2.45) is 5.92 Å². The number of aromatic amines is 1. The third kappa shape index (κ3) is 6.44. The zero-order valence-electron chi connectivity index (χ0n) is 25.2. The molecule has 0 radical (unpaired) electrons. The molecule has 2 fully saturated rings. The van der Waals surface area contributed by atoms with Gasteiger partial charge in [-0.2, -0.15) is 0 Å². The van der Waals surface area contributed by atoms with Gasteiger partial charge in [-0.25, -0.2) is 9.59 Å². The van der Waals surface area contributed by atoms with Gasteiger partial charge in [-0.1, -0.05) is 55.5 Å². The minimum Gasteiger partial charge on any atom is -0.392 e. The van der Waals surface area contributed by atoms with E-state index in [2.05, 4.69) is 27.4 Å². The molecule has 2 saturated heterocycles. The SMILES string of the molecule is CCNC(=O)Nc1cccc(C2O[C@H](CN3CCC(n4c(=O)[nH]c5ccccc54)CC3)[C@H](C)[C@H](c3ccc(CO)cc3)O2)c1. The van der Waals surface area contributed by atoms with Gasteiger partial charge in [-0.15, -0.1) is 0 Å². The van der Waals surface area contributed by atoms with Crippen LogP contribution in [0.3, 0.4) is 0 Å². The first kappa shape index (κ1) is 30.1. The Bertz CT molecular complexity index is 1630. The van der Waals surface area contributed by atoms with Gasteiger partial charge < -0.3 is 35.1 Å². The van der Waals surface area contributed by atoms with Gasteiger partial charge >= 0.3 is 11.7 Å². The number of aliphatic hydroxyl groups is 1. The third-order valence-electron chi connectivity index (χ3n) is 8.86. The van der Waals surface area contributed by atoms with Gasteiger partial charge in [0, 0.05) is 49.4 Å². The number of aromatic nitrogens is 2. The van der Waals surface area contributed by atoms with Crippen LogP contribution in [0.1, 0.15) is 61.8 Å². The van der Waals surface area contributed by atoms with Crippen molar-refractivity contribution in [2.45, 2.75) is 57.8 Å². The number of fused-ring (bicyclic) bond motifs is 1. The maximum Gasteiger partial charge on any atom is 0.326 e. The van der Waals surface area contributed by atoms with Gasteiger partial charge in [-0.3, -0.25) is 4.57 Å². The molecule has 6 rings (SSSR count). The van der Waals surface area contributed by atoms with E-state index in [4.69, 9.17) is 9.47 Å². The summed E-state index contributed by atoms with van der Waals surface area (Å²) < 4.78 is 15.2. The van der Waals surface area contributed by atoms with Crippen molar-refractivity contribution in [2.75, 3.05) is 31.5 Å². The molecule has 3 heterocycles. The Balaban J connectivity index is 1.20. The van der Waals surface area contributed by atoms with Crippen LogP contribution < -0.4 is 16.3 Å². The fraction of sp³-hybridized carbons (Fsp3) is 0.412. The maximum atomic E-state index is 12.8. The van der Waals surface area contributed by atoms with Crippen LogP contribution in [-0.4, -0.2) is 57.9 Å². The van der Waals surface area contributed by atoms with E-state index >= 15 is 0 Å². The first-order valence-corrected chi connectivity index (χ1v) is 15.5. The Morgan fingerprint density at radius 2 is 1.77 bits per heavy atom. The van der Waals surface area contributed by atoms with Crippen LogP contribution in [0.5, 0.6) is 0 Å². The standard InChI is InChI=1S/C34H41N5O5/c1-3-35-33(41)36-26-8-6-7-25(19-26)32-43-30(22(2)31(44-32)24-13-11-23(21-40)12-14-24)20-38-17-15-27(16-18-38)39-29-10-5-4-9-28(29)37-34(39)42/h4-14,19,22,27,30-32,40H,3,15-18,20-21H2,1-2H3,(H,37,42)(H2,35,36,41)/t22-,30+,31+,32?/m0/s1. The lowest BCUT2D eigenvalue weighted by atomic mass is 9.89. The molecule has 0 aliphatic carbocycles. The Morgan fingerprint density at radius 3 is 2.52 bits per heavy atom. The highest BCUT2D eigenvalue weighted by Gasteiger charge is 2.39. The van der Waals surface area contributed by atoms with Gasteiger partial charge in [0.05, 0.1) is 29.8 Å². The summed E-state index contributed by atoms with van der Waals surface area (Å²) >= 11 is 0. The molecule has 1 aromatic heterocycles. The fourth-order valence-corrected chi connectivity index (χ4v) is 6.48. The van der Waals surface area contributed by atoms with Gasteiger partial charge in [0.25, 0.3) is 0 Å². The molecular formula is C34H41N5O5. The lowest BCUT2D eigenvalue weighted by Gasteiger charge is -2.44. The molecule has 4 N–H and O–H groups in total. The normalized spacial score (nSPS) is 23.1. The minimum atomic E-state index is -0.628. The Labute approximate surface area is 257 Å². The number of anilines is 1. The number of carbonyl (C=O) groups is 1.